The summed E-state index contributed by atoms with van der Waals surface area (Å²) >= 11 is 0. The normalized spacial score (nSPS) is 23.9. The molecule has 1 saturated heterocycles. The Bertz CT molecular complexity index is 274. The molecule has 6 nitrogen and oxygen atoms in total. The summed E-state index contributed by atoms with van der Waals surface area (Å²) in [6.07, 6.45) is 1.74. The van der Waals surface area contributed by atoms with Crippen LogP contribution < -0.4 is 5.73 Å². The summed E-state index contributed by atoms with van der Waals surface area (Å²) in [6, 6.07) is -0.403. The number of likely N-dealkylation sites (N-methyl/N-ethyl adjacent to an activating group) is 1. The smallest absolute Gasteiger partial charge is 0.228 e. The fourth-order valence-corrected chi connectivity index (χ4v) is 1.70. The van der Waals surface area contributed by atoms with Crippen molar-refractivity contribution in [2.75, 3.05) is 20.3 Å². The Hall–Kier alpha value is -1.30. The molecule has 3 N–H and O–H groups in total. The number of amidine groups is 1. The molecule has 1 rings (SSSR count). The van der Waals surface area contributed by atoms with Crippen LogP contribution in [-0.4, -0.2) is 48.2 Å². The lowest BCUT2D eigenvalue weighted by Crippen LogP contribution is -2.47. The van der Waals surface area contributed by atoms with Crippen LogP contribution in [0.15, 0.2) is 5.16 Å². The van der Waals surface area contributed by atoms with E-state index < -0.39 is 6.04 Å². The Kier molecular flexibility index (Phi) is 4.54. The summed E-state index contributed by atoms with van der Waals surface area (Å²) in [7, 11) is 1.65. The molecule has 6 heteroatoms. The molecular formula is C10H19N3O3. The van der Waals surface area contributed by atoms with Crippen LogP contribution in [0.3, 0.4) is 0 Å². The van der Waals surface area contributed by atoms with Gasteiger partial charge in [0.2, 0.25) is 5.91 Å². The quantitative estimate of drug-likeness (QED) is 0.309. The third-order valence-electron chi connectivity index (χ3n) is 2.98. The van der Waals surface area contributed by atoms with Gasteiger partial charge < -0.3 is 20.6 Å². The van der Waals surface area contributed by atoms with E-state index in [9.17, 15) is 4.79 Å². The van der Waals surface area contributed by atoms with Crippen LogP contribution in [-0.2, 0) is 9.53 Å². The lowest BCUT2D eigenvalue weighted by Gasteiger charge is -2.29. The van der Waals surface area contributed by atoms with E-state index in [4.69, 9.17) is 15.7 Å². The molecule has 1 aliphatic heterocycles. The molecule has 1 aliphatic rings. The van der Waals surface area contributed by atoms with Gasteiger partial charge in [-0.2, -0.15) is 0 Å². The number of hydrogen-bond donors (Lipinski definition) is 2. The number of hydrogen-bond acceptors (Lipinski definition) is 4. The van der Waals surface area contributed by atoms with Crippen molar-refractivity contribution in [3.63, 3.8) is 0 Å². The molecule has 0 aromatic carbocycles. The molecule has 0 aliphatic carbocycles. The molecule has 2 unspecified atom stereocenters. The lowest BCUT2D eigenvalue weighted by atomic mass is 10.00. The molecule has 0 bridgehead atoms. The van der Waals surface area contributed by atoms with Crippen molar-refractivity contribution in [2.45, 2.75) is 25.8 Å². The molecule has 16 heavy (non-hydrogen) atoms. The van der Waals surface area contributed by atoms with Gasteiger partial charge in [0.15, 0.2) is 5.84 Å². The van der Waals surface area contributed by atoms with Crippen LogP contribution in [0.4, 0.5) is 0 Å². The molecule has 1 fully saturated rings. The summed E-state index contributed by atoms with van der Waals surface area (Å²) in [5.74, 6) is -0.0842. The third kappa shape index (κ3) is 2.85. The van der Waals surface area contributed by atoms with Gasteiger partial charge in [0.25, 0.3) is 0 Å². The first-order chi connectivity index (χ1) is 7.57. The van der Waals surface area contributed by atoms with Gasteiger partial charge in [-0.15, -0.1) is 0 Å². The van der Waals surface area contributed by atoms with Gasteiger partial charge in [0.05, 0.1) is 18.6 Å². The van der Waals surface area contributed by atoms with Crippen molar-refractivity contribution in [3.05, 3.63) is 0 Å². The van der Waals surface area contributed by atoms with Crippen molar-refractivity contribution >= 4 is 11.7 Å². The fraction of sp³-hybridized carbons (Fsp3) is 0.800. The largest absolute Gasteiger partial charge is 0.409 e. The second kappa shape index (κ2) is 5.69. The molecule has 0 aromatic heterocycles. The highest BCUT2D eigenvalue weighted by molar-refractivity contribution is 5.90. The Balaban J connectivity index is 2.58. The predicted molar refractivity (Wildman–Crippen MR) is 59.2 cm³/mol. The number of ether oxygens (including phenoxy) is 1. The van der Waals surface area contributed by atoms with E-state index in [1.165, 1.54) is 4.90 Å². The average Bonchev–Trinajstić information content (AvgIpc) is 2.36. The maximum Gasteiger partial charge on any atom is 0.228 e. The van der Waals surface area contributed by atoms with Crippen molar-refractivity contribution in [1.29, 1.82) is 0 Å². The monoisotopic (exact) mass is 229 g/mol. The predicted octanol–water partition coefficient (Wildman–Crippen LogP) is 0.00630. The number of carbonyl (C=O) groups excluding carboxylic acids is 1. The molecular weight excluding hydrogens is 210 g/mol. The van der Waals surface area contributed by atoms with Crippen LogP contribution in [0, 0.1) is 5.92 Å². The van der Waals surface area contributed by atoms with Gasteiger partial charge in [-0.3, -0.25) is 4.79 Å². The molecule has 2 atom stereocenters. The first-order valence-corrected chi connectivity index (χ1v) is 5.39. The minimum absolute atomic E-state index is 0.0150. The van der Waals surface area contributed by atoms with Crippen molar-refractivity contribution in [1.82, 2.24) is 4.90 Å². The SMILES string of the molecule is CC(C(N)=NO)N(C)C(=O)C1CCCOC1. The highest BCUT2D eigenvalue weighted by Gasteiger charge is 2.28. The molecule has 0 spiro atoms. The van der Waals surface area contributed by atoms with Crippen LogP contribution in [0.25, 0.3) is 0 Å². The topological polar surface area (TPSA) is 88.2 Å². The Morgan fingerprint density at radius 1 is 1.69 bits per heavy atom. The van der Waals surface area contributed by atoms with Gasteiger partial charge in [-0.1, -0.05) is 5.16 Å². The van der Waals surface area contributed by atoms with E-state index in [0.717, 1.165) is 19.4 Å². The zero-order valence-electron chi connectivity index (χ0n) is 9.72. The van der Waals surface area contributed by atoms with Gasteiger partial charge in [-0.05, 0) is 19.8 Å². The number of nitrogens with zero attached hydrogens (tertiary/aromatic N) is 2. The van der Waals surface area contributed by atoms with Crippen LogP contribution in [0.2, 0.25) is 0 Å². The number of carbonyl (C=O) groups is 1. The van der Waals surface area contributed by atoms with Gasteiger partial charge in [-0.25, -0.2) is 0 Å². The second-order valence-corrected chi connectivity index (χ2v) is 4.06. The minimum atomic E-state index is -0.403. The van der Waals surface area contributed by atoms with Crippen LogP contribution in [0.1, 0.15) is 19.8 Å². The highest BCUT2D eigenvalue weighted by Crippen LogP contribution is 2.16. The van der Waals surface area contributed by atoms with E-state index in [-0.39, 0.29) is 17.7 Å². The third-order valence-corrected chi connectivity index (χ3v) is 2.98. The average molecular weight is 229 g/mol. The molecule has 0 aromatic rings. The van der Waals surface area contributed by atoms with Crippen LogP contribution in [0.5, 0.6) is 0 Å². The lowest BCUT2D eigenvalue weighted by molar-refractivity contribution is -0.139. The van der Waals surface area contributed by atoms with E-state index in [1.807, 2.05) is 0 Å². The maximum atomic E-state index is 12.0. The highest BCUT2D eigenvalue weighted by atomic mass is 16.5. The van der Waals surface area contributed by atoms with Crippen molar-refractivity contribution in [2.24, 2.45) is 16.8 Å². The maximum absolute atomic E-state index is 12.0. The molecule has 92 valence electrons. The van der Waals surface area contributed by atoms with Gasteiger partial charge >= 0.3 is 0 Å². The summed E-state index contributed by atoms with van der Waals surface area (Å²) in [5.41, 5.74) is 5.46. The summed E-state index contributed by atoms with van der Waals surface area (Å²) < 4.78 is 5.26. The Morgan fingerprint density at radius 3 is 2.88 bits per heavy atom. The summed E-state index contributed by atoms with van der Waals surface area (Å²) in [5, 5.41) is 11.5. The zero-order valence-corrected chi connectivity index (χ0v) is 9.72. The standard InChI is InChI=1S/C10H19N3O3/c1-7(9(11)12-15)13(2)10(14)8-4-3-5-16-6-8/h7-8,15H,3-6H2,1-2H3,(H2,11,12). The van der Waals surface area contributed by atoms with Gasteiger partial charge in [0, 0.05) is 13.7 Å². The number of rotatable bonds is 3. The summed E-state index contributed by atoms with van der Waals surface area (Å²) in [6.45, 7) is 2.91. The Labute approximate surface area is 95.0 Å². The minimum Gasteiger partial charge on any atom is -0.409 e. The fourth-order valence-electron chi connectivity index (χ4n) is 1.70. The summed E-state index contributed by atoms with van der Waals surface area (Å²) in [4.78, 5) is 13.5. The molecule has 0 radical (unpaired) electrons. The molecule has 1 amide bonds. The number of nitrogens with two attached hydrogens (primary N) is 1. The number of oxime groups is 1. The molecule has 0 saturated carbocycles. The zero-order chi connectivity index (χ0) is 12.1. The number of amides is 1. The van der Waals surface area contributed by atoms with E-state index >= 15 is 0 Å². The van der Waals surface area contributed by atoms with E-state index in [0.29, 0.717) is 6.61 Å². The molecule has 1 heterocycles. The van der Waals surface area contributed by atoms with Gasteiger partial charge in [0.1, 0.15) is 0 Å². The van der Waals surface area contributed by atoms with E-state index in [2.05, 4.69) is 5.16 Å². The van der Waals surface area contributed by atoms with E-state index in [1.54, 1.807) is 14.0 Å². The van der Waals surface area contributed by atoms with Crippen molar-refractivity contribution in [3.8, 4) is 0 Å². The van der Waals surface area contributed by atoms with Crippen molar-refractivity contribution < 1.29 is 14.7 Å². The first kappa shape index (κ1) is 12.8. The first-order valence-electron chi connectivity index (χ1n) is 5.39. The van der Waals surface area contributed by atoms with Crippen LogP contribution >= 0.6 is 0 Å². The Morgan fingerprint density at radius 2 is 2.38 bits per heavy atom. The second-order valence-electron chi connectivity index (χ2n) is 4.06.